The fraction of sp³-hybridized carbons (Fsp3) is 0.391. The largest absolute Gasteiger partial charge is 0.338 e. The van der Waals surface area contributed by atoms with Gasteiger partial charge in [-0.05, 0) is 30.5 Å². The van der Waals surface area contributed by atoms with Crippen LogP contribution in [-0.4, -0.2) is 46.1 Å². The molecule has 3 aromatic rings. The molecular formula is C23H28N4O. The van der Waals surface area contributed by atoms with Crippen molar-refractivity contribution in [3.8, 4) is 0 Å². The van der Waals surface area contributed by atoms with Crippen LogP contribution in [0.5, 0.6) is 0 Å². The molecule has 5 heteroatoms. The van der Waals surface area contributed by atoms with Crippen molar-refractivity contribution < 1.29 is 4.52 Å². The average molecular weight is 377 g/mol. The minimum atomic E-state index is 0.151. The van der Waals surface area contributed by atoms with Crippen molar-refractivity contribution in [3.05, 3.63) is 83.0 Å². The zero-order valence-corrected chi connectivity index (χ0v) is 16.7. The van der Waals surface area contributed by atoms with Crippen molar-refractivity contribution in [2.45, 2.75) is 32.9 Å². The monoisotopic (exact) mass is 376 g/mol. The highest BCUT2D eigenvalue weighted by Crippen LogP contribution is 2.22. The molecule has 0 radical (unpaired) electrons. The van der Waals surface area contributed by atoms with Crippen LogP contribution in [0.15, 0.2) is 59.1 Å². The lowest BCUT2D eigenvalue weighted by molar-refractivity contribution is 0.0844. The Morgan fingerprint density at radius 1 is 0.964 bits per heavy atom. The maximum absolute atomic E-state index is 5.57. The maximum atomic E-state index is 5.57. The van der Waals surface area contributed by atoms with E-state index in [1.165, 1.54) is 16.7 Å². The Kier molecular flexibility index (Phi) is 5.84. The van der Waals surface area contributed by atoms with Crippen LogP contribution >= 0.6 is 0 Å². The van der Waals surface area contributed by atoms with Gasteiger partial charge in [-0.25, -0.2) is 0 Å². The summed E-state index contributed by atoms with van der Waals surface area (Å²) in [6, 6.07) is 19.1. The Bertz CT molecular complexity index is 884. The summed E-state index contributed by atoms with van der Waals surface area (Å²) in [5, 5.41) is 4.18. The van der Waals surface area contributed by atoms with Crippen molar-refractivity contribution in [2.75, 3.05) is 26.2 Å². The van der Waals surface area contributed by atoms with Gasteiger partial charge in [-0.1, -0.05) is 59.8 Å². The molecule has 1 atom stereocenters. The summed E-state index contributed by atoms with van der Waals surface area (Å²) in [6.07, 6.45) is 0.710. The van der Waals surface area contributed by atoms with Crippen molar-refractivity contribution in [2.24, 2.45) is 0 Å². The fourth-order valence-electron chi connectivity index (χ4n) is 3.78. The zero-order valence-electron chi connectivity index (χ0n) is 16.7. The molecule has 0 aliphatic carbocycles. The molecule has 5 nitrogen and oxygen atoms in total. The number of piperazine rings is 1. The number of hydrogen-bond acceptors (Lipinski definition) is 5. The van der Waals surface area contributed by atoms with Crippen LogP contribution in [0.4, 0.5) is 0 Å². The lowest BCUT2D eigenvalue weighted by Gasteiger charge is -2.37. The highest BCUT2D eigenvalue weighted by Gasteiger charge is 2.26. The van der Waals surface area contributed by atoms with Gasteiger partial charge in [0.1, 0.15) is 0 Å². The summed E-state index contributed by atoms with van der Waals surface area (Å²) in [6.45, 7) is 9.53. The quantitative estimate of drug-likeness (QED) is 0.654. The van der Waals surface area contributed by atoms with Gasteiger partial charge in [0.2, 0.25) is 5.89 Å². The summed E-state index contributed by atoms with van der Waals surface area (Å²) in [7, 11) is 0. The Labute approximate surface area is 167 Å². The van der Waals surface area contributed by atoms with Gasteiger partial charge in [-0.3, -0.25) is 9.80 Å². The van der Waals surface area contributed by atoms with Gasteiger partial charge >= 0.3 is 0 Å². The van der Waals surface area contributed by atoms with Crippen LogP contribution in [-0.2, 0) is 13.0 Å². The third-order valence-electron chi connectivity index (χ3n) is 5.66. The maximum Gasteiger partial charge on any atom is 0.243 e. The first-order valence-corrected chi connectivity index (χ1v) is 10.1. The minimum Gasteiger partial charge on any atom is -0.338 e. The molecular weight excluding hydrogens is 348 g/mol. The molecule has 2 heterocycles. The second-order valence-corrected chi connectivity index (χ2v) is 7.63. The van der Waals surface area contributed by atoms with E-state index in [0.717, 1.165) is 44.4 Å². The Morgan fingerprint density at radius 3 is 2.43 bits per heavy atom. The van der Waals surface area contributed by atoms with Gasteiger partial charge in [-0.15, -0.1) is 0 Å². The fourth-order valence-corrected chi connectivity index (χ4v) is 3.78. The van der Waals surface area contributed by atoms with Crippen LogP contribution in [0, 0.1) is 6.92 Å². The van der Waals surface area contributed by atoms with E-state index in [1.807, 2.05) is 18.2 Å². The average Bonchev–Trinajstić information content (AvgIpc) is 3.19. The van der Waals surface area contributed by atoms with Crippen LogP contribution in [0.1, 0.15) is 41.4 Å². The number of benzene rings is 2. The van der Waals surface area contributed by atoms with Crippen molar-refractivity contribution in [3.63, 3.8) is 0 Å². The lowest BCUT2D eigenvalue weighted by atomic mass is 10.1. The predicted molar refractivity (Wildman–Crippen MR) is 110 cm³/mol. The minimum absolute atomic E-state index is 0.151. The summed E-state index contributed by atoms with van der Waals surface area (Å²) in [5.41, 5.74) is 3.99. The molecule has 0 N–H and O–H groups in total. The first kappa shape index (κ1) is 18.8. The van der Waals surface area contributed by atoms with E-state index in [9.17, 15) is 0 Å². The van der Waals surface area contributed by atoms with Gasteiger partial charge in [0.15, 0.2) is 5.82 Å². The van der Waals surface area contributed by atoms with Gasteiger partial charge < -0.3 is 4.52 Å². The van der Waals surface area contributed by atoms with E-state index in [1.54, 1.807) is 0 Å². The normalized spacial score (nSPS) is 16.9. The molecule has 1 unspecified atom stereocenters. The van der Waals surface area contributed by atoms with Gasteiger partial charge in [-0.2, -0.15) is 4.98 Å². The molecule has 0 amide bonds. The molecule has 0 bridgehead atoms. The second kappa shape index (κ2) is 8.67. The number of nitrogens with zero attached hydrogens (tertiary/aromatic N) is 4. The molecule has 146 valence electrons. The van der Waals surface area contributed by atoms with Crippen LogP contribution < -0.4 is 0 Å². The van der Waals surface area contributed by atoms with Crippen LogP contribution in [0.25, 0.3) is 0 Å². The molecule has 2 aromatic carbocycles. The van der Waals surface area contributed by atoms with E-state index < -0.39 is 0 Å². The lowest BCUT2D eigenvalue weighted by Crippen LogP contribution is -2.46. The molecule has 0 spiro atoms. The summed E-state index contributed by atoms with van der Waals surface area (Å²) in [5.74, 6) is 1.48. The topological polar surface area (TPSA) is 45.4 Å². The van der Waals surface area contributed by atoms with E-state index in [0.29, 0.717) is 6.42 Å². The second-order valence-electron chi connectivity index (χ2n) is 7.63. The van der Waals surface area contributed by atoms with Gasteiger partial charge in [0.25, 0.3) is 0 Å². The van der Waals surface area contributed by atoms with Gasteiger partial charge in [0, 0.05) is 39.1 Å². The molecule has 1 saturated heterocycles. The third kappa shape index (κ3) is 4.49. The molecule has 1 aromatic heterocycles. The van der Waals surface area contributed by atoms with E-state index in [-0.39, 0.29) is 6.04 Å². The summed E-state index contributed by atoms with van der Waals surface area (Å²) < 4.78 is 5.57. The van der Waals surface area contributed by atoms with Crippen molar-refractivity contribution in [1.82, 2.24) is 19.9 Å². The smallest absolute Gasteiger partial charge is 0.243 e. The first-order chi connectivity index (χ1) is 13.7. The summed E-state index contributed by atoms with van der Waals surface area (Å²) in [4.78, 5) is 9.61. The molecule has 1 fully saturated rings. The van der Waals surface area contributed by atoms with Crippen molar-refractivity contribution >= 4 is 0 Å². The molecule has 1 aliphatic rings. The number of aromatic nitrogens is 2. The predicted octanol–water partition coefficient (Wildman–Crippen LogP) is 3.85. The third-order valence-corrected chi connectivity index (χ3v) is 5.66. The number of rotatable bonds is 6. The van der Waals surface area contributed by atoms with E-state index in [2.05, 4.69) is 70.2 Å². The Hall–Kier alpha value is -2.50. The molecule has 0 saturated carbocycles. The molecule has 4 rings (SSSR count). The zero-order chi connectivity index (χ0) is 19.3. The van der Waals surface area contributed by atoms with E-state index >= 15 is 0 Å². The highest BCUT2D eigenvalue weighted by molar-refractivity contribution is 5.25. The van der Waals surface area contributed by atoms with Crippen molar-refractivity contribution in [1.29, 1.82) is 0 Å². The summed E-state index contributed by atoms with van der Waals surface area (Å²) >= 11 is 0. The Balaban J connectivity index is 1.31. The first-order valence-electron chi connectivity index (χ1n) is 10.1. The highest BCUT2D eigenvalue weighted by atomic mass is 16.5. The SMILES string of the molecule is Cc1ccccc1CN1CCN(C(C)c2nc(Cc3ccccc3)no2)CC1. The Morgan fingerprint density at radius 2 is 1.68 bits per heavy atom. The molecule has 28 heavy (non-hydrogen) atoms. The van der Waals surface area contributed by atoms with Crippen LogP contribution in [0.3, 0.4) is 0 Å². The van der Waals surface area contributed by atoms with Crippen LogP contribution in [0.2, 0.25) is 0 Å². The van der Waals surface area contributed by atoms with Gasteiger partial charge in [0.05, 0.1) is 6.04 Å². The molecule has 1 aliphatic heterocycles. The number of aryl methyl sites for hydroxylation is 1. The number of hydrogen-bond donors (Lipinski definition) is 0. The van der Waals surface area contributed by atoms with E-state index in [4.69, 9.17) is 4.52 Å². The standard InChI is InChI=1S/C23H28N4O/c1-18-8-6-7-11-21(18)17-26-12-14-27(15-13-26)19(2)23-24-22(25-28-23)16-20-9-4-3-5-10-20/h3-11,19H,12-17H2,1-2H3.